The van der Waals surface area contributed by atoms with Gasteiger partial charge in [-0.25, -0.2) is 0 Å². The summed E-state index contributed by atoms with van der Waals surface area (Å²) in [7, 11) is 1.57. The Bertz CT molecular complexity index is 831. The van der Waals surface area contributed by atoms with E-state index in [0.29, 0.717) is 22.1 Å². The van der Waals surface area contributed by atoms with E-state index < -0.39 is 11.8 Å². The van der Waals surface area contributed by atoms with Gasteiger partial charge in [0.15, 0.2) is 11.7 Å². The van der Waals surface area contributed by atoms with Crippen molar-refractivity contribution >= 4 is 45.5 Å². The topological polar surface area (TPSA) is 103 Å². The smallest absolute Gasteiger partial charge is 0.264 e. The molecule has 2 aromatic rings. The number of primary amides is 1. The van der Waals surface area contributed by atoms with Crippen molar-refractivity contribution in [3.63, 3.8) is 0 Å². The van der Waals surface area contributed by atoms with E-state index in [2.05, 4.69) is 10.6 Å². The van der Waals surface area contributed by atoms with Crippen LogP contribution in [-0.4, -0.2) is 30.6 Å². The number of methoxy groups -OCH3 is 1. The minimum absolute atomic E-state index is 0.0667. The minimum atomic E-state index is -0.550. The monoisotopic (exact) mass is 393 g/mol. The number of carbonyl (C=O) groups is 2. The fourth-order valence-corrected chi connectivity index (χ4v) is 3.48. The summed E-state index contributed by atoms with van der Waals surface area (Å²) in [5.41, 5.74) is 6.57. The van der Waals surface area contributed by atoms with Crippen molar-refractivity contribution in [2.45, 2.75) is 13.8 Å². The summed E-state index contributed by atoms with van der Waals surface area (Å²) in [5, 5.41) is 5.92. The molecule has 0 aliphatic rings. The Labute approximate surface area is 160 Å². The first kappa shape index (κ1) is 19.7. The summed E-state index contributed by atoms with van der Waals surface area (Å²) in [6.07, 6.45) is 0. The summed E-state index contributed by atoms with van der Waals surface area (Å²) >= 11 is 6.46. The van der Waals surface area contributed by atoms with E-state index in [4.69, 9.17) is 27.4 Å². The van der Waals surface area contributed by atoms with Gasteiger partial charge in [-0.05, 0) is 55.9 Å². The van der Waals surface area contributed by atoms with E-state index in [1.807, 2.05) is 6.92 Å². The molecule has 138 valence electrons. The van der Waals surface area contributed by atoms with Crippen LogP contribution in [0.1, 0.15) is 20.8 Å². The van der Waals surface area contributed by atoms with Crippen molar-refractivity contribution in [1.82, 2.24) is 5.32 Å². The Hall–Kier alpha value is -2.65. The van der Waals surface area contributed by atoms with Crippen molar-refractivity contribution in [2.75, 3.05) is 19.0 Å². The van der Waals surface area contributed by atoms with Crippen LogP contribution >= 0.6 is 23.6 Å². The molecule has 4 N–H and O–H groups in total. The van der Waals surface area contributed by atoms with Crippen LogP contribution in [0.3, 0.4) is 0 Å². The molecule has 0 aliphatic carbocycles. The molecule has 0 aliphatic heterocycles. The quantitative estimate of drug-likeness (QED) is 0.651. The summed E-state index contributed by atoms with van der Waals surface area (Å²) in [6.45, 7) is 3.47. The van der Waals surface area contributed by atoms with Crippen LogP contribution in [0.4, 0.5) is 5.00 Å². The second-order valence-electron chi connectivity index (χ2n) is 5.32. The second kappa shape index (κ2) is 8.63. The molecule has 0 saturated carbocycles. The number of nitrogens with two attached hydrogens (primary N) is 1. The molecule has 26 heavy (non-hydrogen) atoms. The SMILES string of the molecule is COc1ccc(OCC(=O)NC(=S)Nc2sc(C)c(C)c2C(N)=O)cc1. The molecule has 0 spiro atoms. The van der Waals surface area contributed by atoms with Crippen molar-refractivity contribution in [1.29, 1.82) is 0 Å². The molecule has 9 heteroatoms. The molecule has 0 atom stereocenters. The van der Waals surface area contributed by atoms with Crippen LogP contribution in [-0.2, 0) is 4.79 Å². The highest BCUT2D eigenvalue weighted by Crippen LogP contribution is 2.31. The standard InChI is InChI=1S/C17H19N3O4S2/c1-9-10(2)26-16(14(9)15(18)22)20-17(25)19-13(21)8-24-12-6-4-11(23-3)5-7-12/h4-7H,8H2,1-3H3,(H2,18,22)(H2,19,20,21,25). The molecule has 0 bridgehead atoms. The van der Waals surface area contributed by atoms with E-state index in [1.54, 1.807) is 38.3 Å². The number of nitrogens with one attached hydrogen (secondary N) is 2. The van der Waals surface area contributed by atoms with E-state index >= 15 is 0 Å². The van der Waals surface area contributed by atoms with E-state index in [-0.39, 0.29) is 11.7 Å². The average molecular weight is 393 g/mol. The number of thiophene rings is 1. The largest absolute Gasteiger partial charge is 0.497 e. The number of carbonyl (C=O) groups excluding carboxylic acids is 2. The van der Waals surface area contributed by atoms with Gasteiger partial charge in [-0.1, -0.05) is 0 Å². The first-order valence-electron chi connectivity index (χ1n) is 7.59. The molecule has 0 saturated heterocycles. The third-order valence-corrected chi connectivity index (χ3v) is 4.87. The molecule has 1 heterocycles. The second-order valence-corrected chi connectivity index (χ2v) is 6.95. The highest BCUT2D eigenvalue weighted by Gasteiger charge is 2.18. The Balaban J connectivity index is 1.90. The van der Waals surface area contributed by atoms with Crippen LogP contribution in [0, 0.1) is 13.8 Å². The van der Waals surface area contributed by atoms with Crippen molar-refractivity contribution in [3.05, 3.63) is 40.3 Å². The first-order valence-corrected chi connectivity index (χ1v) is 8.81. The lowest BCUT2D eigenvalue weighted by molar-refractivity contribution is -0.121. The zero-order chi connectivity index (χ0) is 19.3. The summed E-state index contributed by atoms with van der Waals surface area (Å²) in [5.74, 6) is 0.245. The van der Waals surface area contributed by atoms with Crippen molar-refractivity contribution < 1.29 is 19.1 Å². The van der Waals surface area contributed by atoms with Gasteiger partial charge < -0.3 is 20.5 Å². The number of ether oxygens (including phenoxy) is 2. The Morgan fingerprint density at radius 2 is 1.81 bits per heavy atom. The molecular weight excluding hydrogens is 374 g/mol. The zero-order valence-electron chi connectivity index (χ0n) is 14.5. The van der Waals surface area contributed by atoms with Crippen LogP contribution in [0.5, 0.6) is 11.5 Å². The molecule has 2 amide bonds. The molecule has 1 aromatic carbocycles. The lowest BCUT2D eigenvalue weighted by atomic mass is 10.1. The molecule has 7 nitrogen and oxygen atoms in total. The molecule has 2 rings (SSSR count). The maximum Gasteiger partial charge on any atom is 0.264 e. The number of aryl methyl sites for hydroxylation is 1. The van der Waals surface area contributed by atoms with Crippen LogP contribution in [0.15, 0.2) is 24.3 Å². The highest BCUT2D eigenvalue weighted by molar-refractivity contribution is 7.80. The Morgan fingerprint density at radius 3 is 2.38 bits per heavy atom. The summed E-state index contributed by atoms with van der Waals surface area (Å²) < 4.78 is 10.4. The highest BCUT2D eigenvalue weighted by atomic mass is 32.1. The number of benzene rings is 1. The van der Waals surface area contributed by atoms with Gasteiger partial charge in [0.25, 0.3) is 11.8 Å². The number of hydrogen-bond donors (Lipinski definition) is 3. The number of amides is 2. The summed E-state index contributed by atoms with van der Waals surface area (Å²) in [6, 6.07) is 6.84. The van der Waals surface area contributed by atoms with Gasteiger partial charge >= 0.3 is 0 Å². The third-order valence-electron chi connectivity index (χ3n) is 3.54. The zero-order valence-corrected chi connectivity index (χ0v) is 16.2. The van der Waals surface area contributed by atoms with Crippen molar-refractivity contribution in [3.8, 4) is 11.5 Å². The predicted molar refractivity (Wildman–Crippen MR) is 105 cm³/mol. The Morgan fingerprint density at radius 1 is 1.19 bits per heavy atom. The molecule has 0 radical (unpaired) electrons. The number of rotatable bonds is 6. The summed E-state index contributed by atoms with van der Waals surface area (Å²) in [4.78, 5) is 24.5. The maximum absolute atomic E-state index is 12.0. The number of hydrogen-bond acceptors (Lipinski definition) is 6. The normalized spacial score (nSPS) is 10.1. The van der Waals surface area contributed by atoms with Gasteiger partial charge in [0.1, 0.15) is 16.5 Å². The molecule has 0 fully saturated rings. The number of thiocarbonyl (C=S) groups is 1. The van der Waals surface area contributed by atoms with Gasteiger partial charge in [0.2, 0.25) is 0 Å². The van der Waals surface area contributed by atoms with Gasteiger partial charge in [-0.2, -0.15) is 0 Å². The number of anilines is 1. The molecule has 0 unspecified atom stereocenters. The van der Waals surface area contributed by atoms with E-state index in [1.165, 1.54) is 11.3 Å². The molecule has 1 aromatic heterocycles. The van der Waals surface area contributed by atoms with Gasteiger partial charge in [0, 0.05) is 4.88 Å². The Kier molecular flexibility index (Phi) is 6.53. The van der Waals surface area contributed by atoms with Crippen LogP contribution in [0.25, 0.3) is 0 Å². The lowest BCUT2D eigenvalue weighted by Gasteiger charge is -2.10. The maximum atomic E-state index is 12.0. The van der Waals surface area contributed by atoms with Crippen LogP contribution < -0.4 is 25.8 Å². The van der Waals surface area contributed by atoms with Gasteiger partial charge in [-0.3, -0.25) is 14.9 Å². The van der Waals surface area contributed by atoms with E-state index in [9.17, 15) is 9.59 Å². The van der Waals surface area contributed by atoms with Gasteiger partial charge in [-0.15, -0.1) is 11.3 Å². The average Bonchev–Trinajstić information content (AvgIpc) is 2.87. The molecular formula is C17H19N3O4S2. The van der Waals surface area contributed by atoms with Crippen molar-refractivity contribution in [2.24, 2.45) is 5.73 Å². The third kappa shape index (κ3) is 4.93. The lowest BCUT2D eigenvalue weighted by Crippen LogP contribution is -2.37. The predicted octanol–water partition coefficient (Wildman–Crippen LogP) is 2.36. The van der Waals surface area contributed by atoms with Crippen LogP contribution in [0.2, 0.25) is 0 Å². The van der Waals surface area contributed by atoms with Gasteiger partial charge in [0.05, 0.1) is 12.7 Å². The fourth-order valence-electron chi connectivity index (χ4n) is 2.13. The first-order chi connectivity index (χ1) is 12.3. The van der Waals surface area contributed by atoms with E-state index in [0.717, 1.165) is 10.4 Å². The fraction of sp³-hybridized carbons (Fsp3) is 0.235. The minimum Gasteiger partial charge on any atom is -0.497 e.